The monoisotopic (exact) mass is 272 g/mol. The van der Waals surface area contributed by atoms with Gasteiger partial charge in [-0.15, -0.1) is 0 Å². The normalized spacial score (nSPS) is 11.8. The summed E-state index contributed by atoms with van der Waals surface area (Å²) in [6.45, 7) is 6.76. The van der Waals surface area contributed by atoms with Gasteiger partial charge in [-0.1, -0.05) is 6.92 Å². The maximum atomic E-state index is 11.8. The topological polar surface area (TPSA) is 77.9 Å². The molecule has 0 bridgehead atoms. The Morgan fingerprint density at radius 2 is 1.53 bits per heavy atom. The summed E-state index contributed by atoms with van der Waals surface area (Å²) in [5.41, 5.74) is 0. The zero-order chi connectivity index (χ0) is 15.0. The summed E-state index contributed by atoms with van der Waals surface area (Å²) in [7, 11) is 1.56. The first-order valence-electron chi connectivity index (χ1n) is 6.57. The van der Waals surface area contributed by atoms with Crippen LogP contribution >= 0.6 is 0 Å². The van der Waals surface area contributed by atoms with Gasteiger partial charge >= 0.3 is 5.97 Å². The van der Waals surface area contributed by atoms with E-state index in [9.17, 15) is 14.4 Å². The molecule has 0 aromatic rings. The smallest absolute Gasteiger partial charge is 0.308 e. The maximum Gasteiger partial charge on any atom is 0.308 e. The van der Waals surface area contributed by atoms with Crippen molar-refractivity contribution in [3.63, 3.8) is 0 Å². The van der Waals surface area contributed by atoms with Gasteiger partial charge in [-0.3, -0.25) is 14.4 Å². The van der Waals surface area contributed by atoms with Gasteiger partial charge in [-0.25, -0.2) is 0 Å². The van der Waals surface area contributed by atoms with Crippen molar-refractivity contribution in [2.75, 3.05) is 26.7 Å². The molecule has 0 saturated carbocycles. The molecule has 2 amide bonds. The molecule has 0 aliphatic carbocycles. The fourth-order valence-electron chi connectivity index (χ4n) is 1.73. The number of carbonyl (C=O) groups is 3. The lowest BCUT2D eigenvalue weighted by atomic mass is 10.1. The summed E-state index contributed by atoms with van der Waals surface area (Å²) in [5.74, 6) is -1.78. The largest absolute Gasteiger partial charge is 0.481 e. The van der Waals surface area contributed by atoms with Crippen LogP contribution in [0.3, 0.4) is 0 Å². The average molecular weight is 272 g/mol. The molecule has 0 aliphatic rings. The highest BCUT2D eigenvalue weighted by Crippen LogP contribution is 2.04. The molecule has 1 N–H and O–H groups in total. The lowest BCUT2D eigenvalue weighted by molar-refractivity contribution is -0.143. The lowest BCUT2D eigenvalue weighted by Gasteiger charge is -2.21. The third-order valence-corrected chi connectivity index (χ3v) is 3.06. The lowest BCUT2D eigenvalue weighted by Crippen LogP contribution is -2.35. The number of nitrogens with zero attached hydrogens (tertiary/aromatic N) is 2. The van der Waals surface area contributed by atoms with E-state index in [4.69, 9.17) is 5.11 Å². The minimum atomic E-state index is -0.932. The van der Waals surface area contributed by atoms with Gasteiger partial charge in [0.2, 0.25) is 11.8 Å². The van der Waals surface area contributed by atoms with Crippen molar-refractivity contribution >= 4 is 17.8 Å². The Labute approximate surface area is 114 Å². The molecule has 0 aromatic heterocycles. The molecule has 0 fully saturated rings. The first kappa shape index (κ1) is 17.4. The molecule has 0 rings (SSSR count). The Hall–Kier alpha value is -1.59. The van der Waals surface area contributed by atoms with E-state index in [0.29, 0.717) is 13.1 Å². The van der Waals surface area contributed by atoms with Crippen LogP contribution in [-0.2, 0) is 14.4 Å². The van der Waals surface area contributed by atoms with Crippen LogP contribution in [0.2, 0.25) is 0 Å². The average Bonchev–Trinajstić information content (AvgIpc) is 2.36. The molecule has 6 heteroatoms. The zero-order valence-corrected chi connectivity index (χ0v) is 12.2. The van der Waals surface area contributed by atoms with Crippen molar-refractivity contribution in [1.29, 1.82) is 0 Å². The van der Waals surface area contributed by atoms with Crippen molar-refractivity contribution in [2.24, 2.45) is 5.92 Å². The molecular formula is C13H24N2O4. The molecule has 0 aliphatic heterocycles. The van der Waals surface area contributed by atoms with Crippen LogP contribution in [0.25, 0.3) is 0 Å². The number of carboxylic acids is 1. The van der Waals surface area contributed by atoms with Gasteiger partial charge in [0.25, 0.3) is 0 Å². The molecule has 1 unspecified atom stereocenters. The number of aliphatic carboxylic acids is 1. The van der Waals surface area contributed by atoms with E-state index in [-0.39, 0.29) is 31.2 Å². The van der Waals surface area contributed by atoms with Crippen LogP contribution in [-0.4, -0.2) is 59.4 Å². The zero-order valence-electron chi connectivity index (χ0n) is 12.2. The number of carboxylic acid groups (broad SMARTS) is 1. The molecule has 0 saturated heterocycles. The van der Waals surface area contributed by atoms with E-state index in [1.165, 1.54) is 4.90 Å². The summed E-state index contributed by atoms with van der Waals surface area (Å²) < 4.78 is 0. The Morgan fingerprint density at radius 1 is 1.05 bits per heavy atom. The second kappa shape index (κ2) is 8.50. The highest BCUT2D eigenvalue weighted by molar-refractivity contribution is 5.84. The summed E-state index contributed by atoms with van der Waals surface area (Å²) in [6, 6.07) is 0. The maximum absolute atomic E-state index is 11.8. The number of carbonyl (C=O) groups excluding carboxylic acids is 2. The molecule has 6 nitrogen and oxygen atoms in total. The van der Waals surface area contributed by atoms with E-state index in [2.05, 4.69) is 0 Å². The molecule has 110 valence electrons. The fourth-order valence-corrected chi connectivity index (χ4v) is 1.73. The quantitative estimate of drug-likeness (QED) is 0.709. The van der Waals surface area contributed by atoms with E-state index < -0.39 is 11.9 Å². The van der Waals surface area contributed by atoms with Gasteiger partial charge in [0.15, 0.2) is 0 Å². The minimum absolute atomic E-state index is 0.0435. The number of rotatable bonds is 8. The van der Waals surface area contributed by atoms with Crippen LogP contribution in [0.15, 0.2) is 0 Å². The molecule has 19 heavy (non-hydrogen) atoms. The summed E-state index contributed by atoms with van der Waals surface area (Å²) >= 11 is 0. The van der Waals surface area contributed by atoms with E-state index in [0.717, 1.165) is 0 Å². The fraction of sp³-hybridized carbons (Fsp3) is 0.769. The van der Waals surface area contributed by atoms with Crippen molar-refractivity contribution < 1.29 is 19.5 Å². The van der Waals surface area contributed by atoms with Crippen LogP contribution in [0.5, 0.6) is 0 Å². The van der Waals surface area contributed by atoms with E-state index in [1.807, 2.05) is 13.8 Å². The summed E-state index contributed by atoms with van der Waals surface area (Å²) in [5, 5.41) is 8.77. The van der Waals surface area contributed by atoms with Gasteiger partial charge in [-0.2, -0.15) is 0 Å². The van der Waals surface area contributed by atoms with Gasteiger partial charge in [0.05, 0.1) is 5.92 Å². The molecule has 0 heterocycles. The minimum Gasteiger partial charge on any atom is -0.481 e. The Morgan fingerprint density at radius 3 is 1.95 bits per heavy atom. The van der Waals surface area contributed by atoms with Crippen molar-refractivity contribution in [3.05, 3.63) is 0 Å². The highest BCUT2D eigenvalue weighted by atomic mass is 16.4. The standard InChI is InChI=1S/C13H24N2O4/c1-5-15(6-2)12(17)8-7-11(16)14(4)9-10(3)13(18)19/h10H,5-9H2,1-4H3,(H,18,19). The Bertz CT molecular complexity index is 327. The van der Waals surface area contributed by atoms with Crippen LogP contribution in [0.4, 0.5) is 0 Å². The van der Waals surface area contributed by atoms with Gasteiger partial charge < -0.3 is 14.9 Å². The Balaban J connectivity index is 4.17. The van der Waals surface area contributed by atoms with Gasteiger partial charge in [0, 0.05) is 39.5 Å². The van der Waals surface area contributed by atoms with Crippen molar-refractivity contribution in [1.82, 2.24) is 9.80 Å². The second-order valence-corrected chi connectivity index (χ2v) is 4.58. The molecular weight excluding hydrogens is 248 g/mol. The highest BCUT2D eigenvalue weighted by Gasteiger charge is 2.18. The third kappa shape index (κ3) is 6.22. The molecule has 0 radical (unpaired) electrons. The predicted molar refractivity (Wildman–Crippen MR) is 71.6 cm³/mol. The SMILES string of the molecule is CCN(CC)C(=O)CCC(=O)N(C)CC(C)C(=O)O. The van der Waals surface area contributed by atoms with E-state index in [1.54, 1.807) is 18.9 Å². The van der Waals surface area contributed by atoms with Crippen molar-refractivity contribution in [2.45, 2.75) is 33.6 Å². The number of hydrogen-bond acceptors (Lipinski definition) is 3. The first-order chi connectivity index (χ1) is 8.83. The second-order valence-electron chi connectivity index (χ2n) is 4.58. The number of hydrogen-bond donors (Lipinski definition) is 1. The summed E-state index contributed by atoms with van der Waals surface area (Å²) in [6.07, 6.45) is 0.296. The van der Waals surface area contributed by atoms with Gasteiger partial charge in [-0.05, 0) is 13.8 Å². The first-order valence-corrected chi connectivity index (χ1v) is 6.57. The van der Waals surface area contributed by atoms with Crippen LogP contribution in [0, 0.1) is 5.92 Å². The van der Waals surface area contributed by atoms with E-state index >= 15 is 0 Å². The van der Waals surface area contributed by atoms with Gasteiger partial charge in [0.1, 0.15) is 0 Å². The van der Waals surface area contributed by atoms with Crippen LogP contribution < -0.4 is 0 Å². The van der Waals surface area contributed by atoms with Crippen LogP contribution in [0.1, 0.15) is 33.6 Å². The van der Waals surface area contributed by atoms with Crippen molar-refractivity contribution in [3.8, 4) is 0 Å². The molecule has 0 aromatic carbocycles. The molecule has 1 atom stereocenters. The molecule has 0 spiro atoms. The third-order valence-electron chi connectivity index (χ3n) is 3.06. The Kier molecular flexibility index (Phi) is 7.79. The predicted octanol–water partition coefficient (Wildman–Crippen LogP) is 0.814. The summed E-state index contributed by atoms with van der Waals surface area (Å²) in [4.78, 5) is 37.2. The number of amides is 2.